The Balaban J connectivity index is 1.96. The molecule has 0 atom stereocenters. The molecular formula is C16H22N4O4. The van der Waals surface area contributed by atoms with Crippen molar-refractivity contribution in [2.45, 2.75) is 19.3 Å². The summed E-state index contributed by atoms with van der Waals surface area (Å²) in [5.41, 5.74) is 0.771. The number of hydrogen-bond donors (Lipinski definition) is 1. The number of rotatable bonds is 7. The van der Waals surface area contributed by atoms with E-state index >= 15 is 0 Å². The van der Waals surface area contributed by atoms with Gasteiger partial charge in [0.25, 0.3) is 11.6 Å². The number of carbonyl (C=O) groups is 2. The molecule has 0 aliphatic carbocycles. The second-order valence-corrected chi connectivity index (χ2v) is 5.95. The van der Waals surface area contributed by atoms with Crippen LogP contribution in [0.15, 0.2) is 18.2 Å². The number of anilines is 1. The van der Waals surface area contributed by atoms with Gasteiger partial charge in [-0.3, -0.25) is 19.7 Å². The summed E-state index contributed by atoms with van der Waals surface area (Å²) in [6, 6.07) is 4.23. The van der Waals surface area contributed by atoms with Gasteiger partial charge in [-0.25, -0.2) is 0 Å². The topological polar surface area (TPSA) is 95.8 Å². The number of nitro benzene ring substituents is 1. The largest absolute Gasteiger partial charge is 0.377 e. The predicted molar refractivity (Wildman–Crippen MR) is 90.2 cm³/mol. The Morgan fingerprint density at radius 2 is 2.17 bits per heavy atom. The van der Waals surface area contributed by atoms with Gasteiger partial charge in [0, 0.05) is 58.0 Å². The number of hydrogen-bond acceptors (Lipinski definition) is 5. The van der Waals surface area contributed by atoms with Gasteiger partial charge in [-0.15, -0.1) is 0 Å². The zero-order valence-corrected chi connectivity index (χ0v) is 13.9. The quantitative estimate of drug-likeness (QED) is 0.462. The molecule has 1 aromatic rings. The Morgan fingerprint density at radius 3 is 2.75 bits per heavy atom. The summed E-state index contributed by atoms with van der Waals surface area (Å²) >= 11 is 0. The van der Waals surface area contributed by atoms with Crippen molar-refractivity contribution < 1.29 is 14.5 Å². The molecule has 0 aromatic heterocycles. The van der Waals surface area contributed by atoms with Crippen molar-refractivity contribution in [3.05, 3.63) is 33.9 Å². The van der Waals surface area contributed by atoms with Gasteiger partial charge in [0.15, 0.2) is 0 Å². The zero-order valence-electron chi connectivity index (χ0n) is 13.9. The summed E-state index contributed by atoms with van der Waals surface area (Å²) in [4.78, 5) is 37.8. The third-order valence-corrected chi connectivity index (χ3v) is 3.98. The molecule has 0 saturated carbocycles. The van der Waals surface area contributed by atoms with Crippen molar-refractivity contribution in [1.82, 2.24) is 10.2 Å². The van der Waals surface area contributed by atoms with E-state index in [9.17, 15) is 19.7 Å². The van der Waals surface area contributed by atoms with E-state index in [-0.39, 0.29) is 23.1 Å². The normalized spacial score (nSPS) is 13.9. The lowest BCUT2D eigenvalue weighted by molar-refractivity contribution is -0.384. The molecule has 130 valence electrons. The second-order valence-electron chi connectivity index (χ2n) is 5.95. The molecule has 1 fully saturated rings. The van der Waals surface area contributed by atoms with Gasteiger partial charge in [0.2, 0.25) is 5.91 Å². The molecule has 0 bridgehead atoms. The van der Waals surface area contributed by atoms with E-state index in [0.717, 1.165) is 13.0 Å². The fourth-order valence-electron chi connectivity index (χ4n) is 2.72. The lowest BCUT2D eigenvalue weighted by Gasteiger charge is -2.18. The molecule has 2 rings (SSSR count). The molecule has 1 aromatic carbocycles. The van der Waals surface area contributed by atoms with E-state index in [1.807, 2.05) is 0 Å². The number of nitrogens with zero attached hydrogens (tertiary/aromatic N) is 3. The minimum atomic E-state index is -0.519. The summed E-state index contributed by atoms with van der Waals surface area (Å²) in [6.45, 7) is 1.81. The van der Waals surface area contributed by atoms with Crippen LogP contribution in [0.25, 0.3) is 0 Å². The third-order valence-electron chi connectivity index (χ3n) is 3.98. The average molecular weight is 334 g/mol. The van der Waals surface area contributed by atoms with Gasteiger partial charge < -0.3 is 15.1 Å². The van der Waals surface area contributed by atoms with Crippen LogP contribution in [0.1, 0.15) is 29.6 Å². The lowest BCUT2D eigenvalue weighted by atomic mass is 10.1. The Kier molecular flexibility index (Phi) is 5.73. The van der Waals surface area contributed by atoms with Crippen molar-refractivity contribution >= 4 is 23.2 Å². The second kappa shape index (κ2) is 7.76. The number of nitro groups is 1. The molecule has 1 heterocycles. The minimum absolute atomic E-state index is 0.117. The fraction of sp³-hybridized carbons (Fsp3) is 0.500. The first-order valence-electron chi connectivity index (χ1n) is 7.92. The van der Waals surface area contributed by atoms with Crippen LogP contribution in [0.2, 0.25) is 0 Å². The molecule has 0 unspecified atom stereocenters. The van der Waals surface area contributed by atoms with Crippen LogP contribution in [-0.2, 0) is 4.79 Å². The number of likely N-dealkylation sites (tertiary alicyclic amines) is 1. The van der Waals surface area contributed by atoms with Crippen LogP contribution >= 0.6 is 0 Å². The van der Waals surface area contributed by atoms with Gasteiger partial charge in [-0.05, 0) is 18.9 Å². The van der Waals surface area contributed by atoms with Crippen LogP contribution in [0, 0.1) is 10.1 Å². The molecule has 24 heavy (non-hydrogen) atoms. The van der Waals surface area contributed by atoms with Crippen LogP contribution in [-0.4, -0.2) is 55.4 Å². The molecule has 0 spiro atoms. The van der Waals surface area contributed by atoms with Gasteiger partial charge in [0.05, 0.1) is 10.5 Å². The van der Waals surface area contributed by atoms with Crippen molar-refractivity contribution in [1.29, 1.82) is 0 Å². The zero-order chi connectivity index (χ0) is 17.7. The van der Waals surface area contributed by atoms with Gasteiger partial charge >= 0.3 is 0 Å². The van der Waals surface area contributed by atoms with Crippen LogP contribution in [0.5, 0.6) is 0 Å². The van der Waals surface area contributed by atoms with Crippen LogP contribution < -0.4 is 10.2 Å². The number of nitrogens with one attached hydrogen (secondary N) is 1. The molecular weight excluding hydrogens is 312 g/mol. The molecule has 0 radical (unpaired) electrons. The highest BCUT2D eigenvalue weighted by Gasteiger charge is 2.20. The van der Waals surface area contributed by atoms with Crippen molar-refractivity contribution in [2.75, 3.05) is 38.6 Å². The standard InChI is InChI=1S/C16H22N4O4/c1-18(2)14-7-6-12(20(23)24)11-13(14)16(22)17-8-4-10-19-9-3-5-15(19)21/h6-7,11H,3-5,8-10H2,1-2H3,(H,17,22). The minimum Gasteiger partial charge on any atom is -0.377 e. The summed E-state index contributed by atoms with van der Waals surface area (Å²) in [5.74, 6) is -0.190. The van der Waals surface area contributed by atoms with E-state index in [2.05, 4.69) is 5.32 Å². The summed E-state index contributed by atoms with van der Waals surface area (Å²) in [6.07, 6.45) is 2.15. The highest BCUT2D eigenvalue weighted by Crippen LogP contribution is 2.24. The monoisotopic (exact) mass is 334 g/mol. The van der Waals surface area contributed by atoms with Crippen molar-refractivity contribution in [3.63, 3.8) is 0 Å². The third kappa shape index (κ3) is 4.21. The molecule has 1 N–H and O–H groups in total. The SMILES string of the molecule is CN(C)c1ccc([N+](=O)[O-])cc1C(=O)NCCCN1CCCC1=O. The summed E-state index contributed by atoms with van der Waals surface area (Å²) < 4.78 is 0. The maximum atomic E-state index is 12.4. The Bertz CT molecular complexity index is 645. The van der Waals surface area contributed by atoms with E-state index in [1.54, 1.807) is 30.0 Å². The van der Waals surface area contributed by atoms with Gasteiger partial charge in [0.1, 0.15) is 0 Å². The Morgan fingerprint density at radius 1 is 1.42 bits per heavy atom. The molecule has 8 nitrogen and oxygen atoms in total. The Labute approximate surface area is 140 Å². The highest BCUT2D eigenvalue weighted by atomic mass is 16.6. The maximum Gasteiger partial charge on any atom is 0.270 e. The first-order chi connectivity index (χ1) is 11.4. The summed E-state index contributed by atoms with van der Waals surface area (Å²) in [5, 5.41) is 13.7. The number of benzene rings is 1. The first-order valence-corrected chi connectivity index (χ1v) is 7.92. The molecule has 1 saturated heterocycles. The van der Waals surface area contributed by atoms with E-state index in [1.165, 1.54) is 12.1 Å². The number of amides is 2. The fourth-order valence-corrected chi connectivity index (χ4v) is 2.72. The van der Waals surface area contributed by atoms with Gasteiger partial charge in [-0.1, -0.05) is 0 Å². The van der Waals surface area contributed by atoms with Crippen LogP contribution in [0.3, 0.4) is 0 Å². The molecule has 1 aliphatic heterocycles. The number of carbonyl (C=O) groups excluding carboxylic acids is 2. The maximum absolute atomic E-state index is 12.4. The smallest absolute Gasteiger partial charge is 0.270 e. The van der Waals surface area contributed by atoms with E-state index in [4.69, 9.17) is 0 Å². The lowest BCUT2D eigenvalue weighted by Crippen LogP contribution is -2.31. The van der Waals surface area contributed by atoms with Crippen molar-refractivity contribution in [3.8, 4) is 0 Å². The van der Waals surface area contributed by atoms with Gasteiger partial charge in [-0.2, -0.15) is 0 Å². The molecule has 2 amide bonds. The summed E-state index contributed by atoms with van der Waals surface area (Å²) in [7, 11) is 3.55. The molecule has 1 aliphatic rings. The van der Waals surface area contributed by atoms with Crippen LogP contribution in [0.4, 0.5) is 11.4 Å². The Hall–Kier alpha value is -2.64. The van der Waals surface area contributed by atoms with E-state index in [0.29, 0.717) is 31.6 Å². The predicted octanol–water partition coefficient (Wildman–Crippen LogP) is 1.40. The molecule has 8 heteroatoms. The number of non-ortho nitro benzene ring substituents is 1. The van der Waals surface area contributed by atoms with Crippen molar-refractivity contribution in [2.24, 2.45) is 0 Å². The average Bonchev–Trinajstić information content (AvgIpc) is 2.95. The first kappa shape index (κ1) is 17.7. The van der Waals surface area contributed by atoms with E-state index < -0.39 is 4.92 Å². The highest BCUT2D eigenvalue weighted by molar-refractivity contribution is 6.00.